The molecule has 1 saturated heterocycles. The minimum Gasteiger partial charge on any atom is -0.298 e. The molecule has 0 unspecified atom stereocenters. The van der Waals surface area contributed by atoms with Crippen LogP contribution in [0.5, 0.6) is 0 Å². The smallest absolute Gasteiger partial charge is 0.0234 e. The van der Waals surface area contributed by atoms with Crippen LogP contribution in [-0.4, -0.2) is 42.0 Å². The van der Waals surface area contributed by atoms with Crippen molar-refractivity contribution in [2.24, 2.45) is 0 Å². The molecule has 0 N–H and O–H groups in total. The SMILES string of the molecule is c1ccc(-c2ccc(CN3CCN(C4CCCCC4)CC3)cc2)cc1. The first-order valence-corrected chi connectivity index (χ1v) is 9.99. The van der Waals surface area contributed by atoms with Crippen molar-refractivity contribution in [2.75, 3.05) is 26.2 Å². The summed E-state index contributed by atoms with van der Waals surface area (Å²) >= 11 is 0. The van der Waals surface area contributed by atoms with Crippen LogP contribution in [0.1, 0.15) is 37.7 Å². The van der Waals surface area contributed by atoms with Crippen LogP contribution in [0, 0.1) is 0 Å². The summed E-state index contributed by atoms with van der Waals surface area (Å²) < 4.78 is 0. The number of piperazine rings is 1. The predicted octanol–water partition coefficient (Wildman–Crippen LogP) is 4.80. The van der Waals surface area contributed by atoms with Gasteiger partial charge in [0.15, 0.2) is 0 Å². The van der Waals surface area contributed by atoms with Gasteiger partial charge in [0.25, 0.3) is 0 Å². The van der Waals surface area contributed by atoms with Gasteiger partial charge in [0.2, 0.25) is 0 Å². The lowest BCUT2D eigenvalue weighted by molar-refractivity contribution is 0.0755. The molecule has 0 spiro atoms. The number of hydrogen-bond donors (Lipinski definition) is 0. The Kier molecular flexibility index (Phi) is 5.49. The van der Waals surface area contributed by atoms with E-state index in [1.54, 1.807) is 0 Å². The van der Waals surface area contributed by atoms with Crippen molar-refractivity contribution in [2.45, 2.75) is 44.7 Å². The molecule has 2 heteroatoms. The number of hydrogen-bond acceptors (Lipinski definition) is 2. The highest BCUT2D eigenvalue weighted by atomic mass is 15.3. The summed E-state index contributed by atoms with van der Waals surface area (Å²) in [5.74, 6) is 0. The molecule has 1 aliphatic heterocycles. The Bertz CT molecular complexity index is 636. The fourth-order valence-electron chi connectivity index (χ4n) is 4.42. The lowest BCUT2D eigenvalue weighted by Crippen LogP contribution is -2.50. The molecule has 0 aromatic heterocycles. The molecule has 0 bridgehead atoms. The van der Waals surface area contributed by atoms with Crippen molar-refractivity contribution >= 4 is 0 Å². The highest BCUT2D eigenvalue weighted by molar-refractivity contribution is 5.63. The van der Waals surface area contributed by atoms with Crippen LogP contribution in [0.15, 0.2) is 54.6 Å². The molecule has 25 heavy (non-hydrogen) atoms. The monoisotopic (exact) mass is 334 g/mol. The second-order valence-corrected chi connectivity index (χ2v) is 7.67. The van der Waals surface area contributed by atoms with Crippen LogP contribution < -0.4 is 0 Å². The Balaban J connectivity index is 1.30. The zero-order chi connectivity index (χ0) is 16.9. The van der Waals surface area contributed by atoms with E-state index in [9.17, 15) is 0 Å². The molecule has 2 aromatic rings. The van der Waals surface area contributed by atoms with E-state index in [0.29, 0.717) is 0 Å². The molecule has 1 saturated carbocycles. The minimum atomic E-state index is 0.876. The van der Waals surface area contributed by atoms with E-state index >= 15 is 0 Å². The van der Waals surface area contributed by atoms with Gasteiger partial charge in [0.05, 0.1) is 0 Å². The van der Waals surface area contributed by atoms with Crippen molar-refractivity contribution in [1.29, 1.82) is 0 Å². The second-order valence-electron chi connectivity index (χ2n) is 7.67. The number of benzene rings is 2. The van der Waals surface area contributed by atoms with Gasteiger partial charge in [-0.25, -0.2) is 0 Å². The second kappa shape index (κ2) is 8.16. The fraction of sp³-hybridized carbons (Fsp3) is 0.478. The van der Waals surface area contributed by atoms with Crippen molar-refractivity contribution < 1.29 is 0 Å². The quantitative estimate of drug-likeness (QED) is 0.792. The molecule has 0 amide bonds. The van der Waals surface area contributed by atoms with Gasteiger partial charge in [-0.1, -0.05) is 73.9 Å². The summed E-state index contributed by atoms with van der Waals surface area (Å²) in [6.45, 7) is 6.04. The molecule has 2 fully saturated rings. The van der Waals surface area contributed by atoms with Crippen LogP contribution in [0.2, 0.25) is 0 Å². The van der Waals surface area contributed by atoms with E-state index in [-0.39, 0.29) is 0 Å². The van der Waals surface area contributed by atoms with Crippen molar-refractivity contribution in [3.8, 4) is 11.1 Å². The topological polar surface area (TPSA) is 6.48 Å². The highest BCUT2D eigenvalue weighted by Gasteiger charge is 2.24. The summed E-state index contributed by atoms with van der Waals surface area (Å²) in [4.78, 5) is 5.38. The normalized spacial score (nSPS) is 20.6. The standard InChI is InChI=1S/C23H30N2/c1-3-7-21(8-4-1)22-13-11-20(12-14-22)19-24-15-17-25(18-16-24)23-9-5-2-6-10-23/h1,3-4,7-8,11-14,23H,2,5-6,9-10,15-19H2. The van der Waals surface area contributed by atoms with Crippen LogP contribution >= 0.6 is 0 Å². The van der Waals surface area contributed by atoms with Crippen molar-refractivity contribution in [3.05, 3.63) is 60.2 Å². The predicted molar refractivity (Wildman–Crippen MR) is 106 cm³/mol. The van der Waals surface area contributed by atoms with Gasteiger partial charge in [-0.3, -0.25) is 9.80 Å². The van der Waals surface area contributed by atoms with Crippen LogP contribution in [0.25, 0.3) is 11.1 Å². The minimum absolute atomic E-state index is 0.876. The van der Waals surface area contributed by atoms with Gasteiger partial charge in [-0.15, -0.1) is 0 Å². The first-order chi connectivity index (χ1) is 12.4. The molecule has 2 aromatic carbocycles. The van der Waals surface area contributed by atoms with E-state index in [1.165, 1.54) is 75.0 Å². The average Bonchev–Trinajstić information content (AvgIpc) is 2.71. The Hall–Kier alpha value is -1.64. The first-order valence-electron chi connectivity index (χ1n) is 9.99. The lowest BCUT2D eigenvalue weighted by atomic mass is 9.94. The molecule has 0 atom stereocenters. The van der Waals surface area contributed by atoms with Gasteiger partial charge >= 0.3 is 0 Å². The van der Waals surface area contributed by atoms with E-state index < -0.39 is 0 Å². The molecule has 2 aliphatic rings. The van der Waals surface area contributed by atoms with Gasteiger partial charge in [-0.05, 0) is 29.5 Å². The third-order valence-corrected chi connectivity index (χ3v) is 5.97. The number of nitrogens with zero attached hydrogens (tertiary/aromatic N) is 2. The Morgan fingerprint density at radius 2 is 1.32 bits per heavy atom. The maximum Gasteiger partial charge on any atom is 0.0234 e. The largest absolute Gasteiger partial charge is 0.298 e. The summed E-state index contributed by atoms with van der Waals surface area (Å²) in [6.07, 6.45) is 7.20. The van der Waals surface area contributed by atoms with E-state index in [0.717, 1.165) is 12.6 Å². The van der Waals surface area contributed by atoms with E-state index in [4.69, 9.17) is 0 Å². The third kappa shape index (κ3) is 4.31. The van der Waals surface area contributed by atoms with Gasteiger partial charge in [0, 0.05) is 38.8 Å². The zero-order valence-corrected chi connectivity index (χ0v) is 15.2. The molecule has 132 valence electrons. The number of rotatable bonds is 4. The lowest BCUT2D eigenvalue weighted by Gasteiger charge is -2.40. The summed E-state index contributed by atoms with van der Waals surface area (Å²) in [6, 6.07) is 20.7. The van der Waals surface area contributed by atoms with Crippen LogP contribution in [0.4, 0.5) is 0 Å². The molecule has 1 aliphatic carbocycles. The van der Waals surface area contributed by atoms with E-state index in [2.05, 4.69) is 64.4 Å². The molecule has 4 rings (SSSR count). The Morgan fingerprint density at radius 3 is 2.00 bits per heavy atom. The van der Waals surface area contributed by atoms with Crippen LogP contribution in [0.3, 0.4) is 0 Å². The molecule has 2 nitrogen and oxygen atoms in total. The zero-order valence-electron chi connectivity index (χ0n) is 15.2. The Labute approximate surface area is 152 Å². The summed E-state index contributed by atoms with van der Waals surface area (Å²) in [7, 11) is 0. The average molecular weight is 335 g/mol. The molecular weight excluding hydrogens is 304 g/mol. The highest BCUT2D eigenvalue weighted by Crippen LogP contribution is 2.24. The first kappa shape index (κ1) is 16.8. The van der Waals surface area contributed by atoms with Gasteiger partial charge in [0.1, 0.15) is 0 Å². The molecular formula is C23H30N2. The van der Waals surface area contributed by atoms with E-state index in [1.807, 2.05) is 0 Å². The maximum absolute atomic E-state index is 2.76. The Morgan fingerprint density at radius 1 is 0.680 bits per heavy atom. The fourth-order valence-corrected chi connectivity index (χ4v) is 4.42. The van der Waals surface area contributed by atoms with Gasteiger partial charge < -0.3 is 0 Å². The van der Waals surface area contributed by atoms with Gasteiger partial charge in [-0.2, -0.15) is 0 Å². The van der Waals surface area contributed by atoms with Crippen molar-refractivity contribution in [3.63, 3.8) is 0 Å². The van der Waals surface area contributed by atoms with Crippen LogP contribution in [-0.2, 0) is 6.54 Å². The maximum atomic E-state index is 2.76. The summed E-state index contributed by atoms with van der Waals surface area (Å²) in [5, 5.41) is 0. The summed E-state index contributed by atoms with van der Waals surface area (Å²) in [5.41, 5.74) is 4.05. The molecule has 1 heterocycles. The molecule has 0 radical (unpaired) electrons. The third-order valence-electron chi connectivity index (χ3n) is 5.97. The van der Waals surface area contributed by atoms with Crippen molar-refractivity contribution in [1.82, 2.24) is 9.80 Å².